The van der Waals surface area contributed by atoms with Gasteiger partial charge in [-0.15, -0.1) is 0 Å². The van der Waals surface area contributed by atoms with Crippen molar-refractivity contribution < 1.29 is 24.2 Å². The Kier molecular flexibility index (Phi) is 8.20. The number of carbonyl (C=O) groups is 3. The SMILES string of the molecule is CC(CN(C)C(=O)C(CCC(C)(C)C)NC(=O)OCC1c2ccccc2-c2ccccc21)C(=O)O. The van der Waals surface area contributed by atoms with E-state index in [0.29, 0.717) is 12.8 Å². The molecule has 1 aliphatic rings. The standard InChI is InChI=1S/C28H36N2O5/c1-18(26(32)33)16-30(5)25(31)24(14-15-28(2,3)4)29-27(34)35-17-23-21-12-8-6-10-19(21)20-11-7-9-13-22(20)23/h6-13,18,23-24H,14-17H2,1-5H3,(H,29,34)(H,32,33). The van der Waals surface area contributed by atoms with Crippen molar-refractivity contribution in [2.24, 2.45) is 11.3 Å². The summed E-state index contributed by atoms with van der Waals surface area (Å²) >= 11 is 0. The molecule has 0 bridgehead atoms. The number of aliphatic carboxylic acids is 1. The average molecular weight is 481 g/mol. The number of carbonyl (C=O) groups excluding carboxylic acids is 2. The summed E-state index contributed by atoms with van der Waals surface area (Å²) in [6, 6.07) is 15.4. The van der Waals surface area contributed by atoms with Crippen LogP contribution in [0.1, 0.15) is 57.6 Å². The van der Waals surface area contributed by atoms with E-state index >= 15 is 0 Å². The van der Waals surface area contributed by atoms with Crippen molar-refractivity contribution in [2.75, 3.05) is 20.2 Å². The van der Waals surface area contributed by atoms with Crippen molar-refractivity contribution in [1.29, 1.82) is 0 Å². The molecule has 0 saturated carbocycles. The Hall–Kier alpha value is -3.35. The second kappa shape index (κ2) is 10.9. The number of hydrogen-bond acceptors (Lipinski definition) is 4. The highest BCUT2D eigenvalue weighted by atomic mass is 16.5. The number of rotatable bonds is 9. The highest BCUT2D eigenvalue weighted by Crippen LogP contribution is 2.44. The molecule has 2 unspecified atom stereocenters. The minimum Gasteiger partial charge on any atom is -0.481 e. The minimum absolute atomic E-state index is 0.0334. The van der Waals surface area contributed by atoms with Gasteiger partial charge >= 0.3 is 12.1 Å². The van der Waals surface area contributed by atoms with E-state index in [1.165, 1.54) is 4.90 Å². The summed E-state index contributed by atoms with van der Waals surface area (Å²) in [5.74, 6) is -2.08. The van der Waals surface area contributed by atoms with Crippen LogP contribution in [-0.4, -0.2) is 54.2 Å². The van der Waals surface area contributed by atoms with Crippen LogP contribution in [0.2, 0.25) is 0 Å². The second-order valence-electron chi connectivity index (χ2n) is 10.6. The molecular formula is C28H36N2O5. The summed E-state index contributed by atoms with van der Waals surface area (Å²) in [5.41, 5.74) is 4.48. The molecule has 7 nitrogen and oxygen atoms in total. The van der Waals surface area contributed by atoms with Gasteiger partial charge in [0.1, 0.15) is 12.6 Å². The molecule has 35 heavy (non-hydrogen) atoms. The minimum atomic E-state index is -0.972. The van der Waals surface area contributed by atoms with Crippen molar-refractivity contribution in [3.8, 4) is 11.1 Å². The molecule has 0 aromatic heterocycles. The number of carboxylic acids is 1. The van der Waals surface area contributed by atoms with Crippen LogP contribution in [0.3, 0.4) is 0 Å². The van der Waals surface area contributed by atoms with Gasteiger partial charge < -0.3 is 20.1 Å². The topological polar surface area (TPSA) is 95.9 Å². The Morgan fingerprint density at radius 2 is 1.57 bits per heavy atom. The van der Waals surface area contributed by atoms with Gasteiger partial charge in [0.15, 0.2) is 0 Å². The van der Waals surface area contributed by atoms with E-state index in [4.69, 9.17) is 4.74 Å². The molecule has 188 valence electrons. The molecule has 2 aromatic carbocycles. The van der Waals surface area contributed by atoms with Crippen molar-refractivity contribution in [1.82, 2.24) is 10.2 Å². The van der Waals surface area contributed by atoms with Gasteiger partial charge in [-0.1, -0.05) is 76.2 Å². The Morgan fingerprint density at radius 3 is 2.09 bits per heavy atom. The van der Waals surface area contributed by atoms with Crippen molar-refractivity contribution >= 4 is 18.0 Å². The van der Waals surface area contributed by atoms with Gasteiger partial charge in [-0.3, -0.25) is 9.59 Å². The molecule has 2 aromatic rings. The van der Waals surface area contributed by atoms with Crippen LogP contribution >= 0.6 is 0 Å². The molecule has 2 atom stereocenters. The predicted octanol–water partition coefficient (Wildman–Crippen LogP) is 4.90. The third-order valence-electron chi connectivity index (χ3n) is 6.46. The quantitative estimate of drug-likeness (QED) is 0.532. The van der Waals surface area contributed by atoms with Crippen molar-refractivity contribution in [3.05, 3.63) is 59.7 Å². The van der Waals surface area contributed by atoms with E-state index in [9.17, 15) is 19.5 Å². The van der Waals surface area contributed by atoms with Crippen LogP contribution in [0.25, 0.3) is 11.1 Å². The lowest BCUT2D eigenvalue weighted by molar-refractivity contribution is -0.143. The number of nitrogens with zero attached hydrogens (tertiary/aromatic N) is 1. The Bertz CT molecular complexity index is 1030. The zero-order valence-electron chi connectivity index (χ0n) is 21.2. The Morgan fingerprint density at radius 1 is 1.03 bits per heavy atom. The maximum atomic E-state index is 13.1. The van der Waals surface area contributed by atoms with Crippen LogP contribution in [0, 0.1) is 11.3 Å². The fraction of sp³-hybridized carbons (Fsp3) is 0.464. The van der Waals surface area contributed by atoms with Gasteiger partial charge in [-0.05, 0) is 40.5 Å². The van der Waals surface area contributed by atoms with E-state index in [-0.39, 0.29) is 30.4 Å². The number of nitrogens with one attached hydrogen (secondary N) is 1. The summed E-state index contributed by atoms with van der Waals surface area (Å²) in [6.45, 7) is 7.97. The third-order valence-corrected chi connectivity index (χ3v) is 6.46. The van der Waals surface area contributed by atoms with Gasteiger partial charge in [0, 0.05) is 19.5 Å². The fourth-order valence-electron chi connectivity index (χ4n) is 4.46. The number of hydrogen-bond donors (Lipinski definition) is 2. The second-order valence-corrected chi connectivity index (χ2v) is 10.6. The Labute approximate surface area is 207 Å². The number of amides is 2. The smallest absolute Gasteiger partial charge is 0.407 e. The van der Waals surface area contributed by atoms with Gasteiger partial charge in [-0.25, -0.2) is 4.79 Å². The zero-order chi connectivity index (χ0) is 25.8. The van der Waals surface area contributed by atoms with Gasteiger partial charge in [0.2, 0.25) is 5.91 Å². The zero-order valence-corrected chi connectivity index (χ0v) is 21.2. The molecule has 2 amide bonds. The van der Waals surface area contributed by atoms with Crippen LogP contribution in [0.15, 0.2) is 48.5 Å². The number of carboxylic acid groups (broad SMARTS) is 1. The lowest BCUT2D eigenvalue weighted by Crippen LogP contribution is -2.49. The van der Waals surface area contributed by atoms with E-state index in [2.05, 4.69) is 50.4 Å². The lowest BCUT2D eigenvalue weighted by atomic mass is 9.88. The molecular weight excluding hydrogens is 444 g/mol. The van der Waals surface area contributed by atoms with E-state index in [0.717, 1.165) is 22.3 Å². The van der Waals surface area contributed by atoms with Gasteiger partial charge in [0.25, 0.3) is 0 Å². The summed E-state index contributed by atoms with van der Waals surface area (Å²) < 4.78 is 5.64. The molecule has 0 fully saturated rings. The summed E-state index contributed by atoms with van der Waals surface area (Å²) in [4.78, 5) is 38.5. The first-order valence-electron chi connectivity index (χ1n) is 12.1. The summed E-state index contributed by atoms with van der Waals surface area (Å²) in [5, 5.41) is 11.9. The average Bonchev–Trinajstić information content (AvgIpc) is 3.13. The number of ether oxygens (including phenoxy) is 1. The molecule has 0 spiro atoms. The van der Waals surface area contributed by atoms with Gasteiger partial charge in [-0.2, -0.15) is 0 Å². The molecule has 7 heteroatoms. The van der Waals surface area contributed by atoms with E-state index < -0.39 is 24.0 Å². The first kappa shape index (κ1) is 26.3. The number of fused-ring (bicyclic) bond motifs is 3. The van der Waals surface area contributed by atoms with Crippen molar-refractivity contribution in [2.45, 2.75) is 52.5 Å². The van der Waals surface area contributed by atoms with Gasteiger partial charge in [0.05, 0.1) is 5.92 Å². The predicted molar refractivity (Wildman–Crippen MR) is 135 cm³/mol. The largest absolute Gasteiger partial charge is 0.481 e. The molecule has 0 aliphatic heterocycles. The van der Waals surface area contributed by atoms with E-state index in [1.807, 2.05) is 24.3 Å². The van der Waals surface area contributed by atoms with Crippen LogP contribution in [0.4, 0.5) is 4.79 Å². The van der Waals surface area contributed by atoms with Crippen molar-refractivity contribution in [3.63, 3.8) is 0 Å². The summed E-state index contributed by atoms with van der Waals surface area (Å²) in [6.07, 6.45) is 0.479. The monoisotopic (exact) mass is 480 g/mol. The maximum absolute atomic E-state index is 13.1. The highest BCUT2D eigenvalue weighted by molar-refractivity contribution is 5.86. The fourth-order valence-corrected chi connectivity index (χ4v) is 4.46. The maximum Gasteiger partial charge on any atom is 0.407 e. The van der Waals surface area contributed by atoms with E-state index in [1.54, 1.807) is 14.0 Å². The molecule has 1 aliphatic carbocycles. The molecule has 0 radical (unpaired) electrons. The molecule has 2 N–H and O–H groups in total. The number of alkyl carbamates (subject to hydrolysis) is 1. The normalized spacial score (nSPS) is 14.4. The van der Waals surface area contributed by atoms with Crippen LogP contribution < -0.4 is 5.32 Å². The number of benzene rings is 2. The molecule has 0 saturated heterocycles. The van der Waals surface area contributed by atoms with Crippen LogP contribution in [-0.2, 0) is 14.3 Å². The molecule has 3 rings (SSSR count). The first-order chi connectivity index (χ1) is 16.5. The molecule has 0 heterocycles. The number of likely N-dealkylation sites (N-methyl/N-ethyl adjacent to an activating group) is 1. The lowest BCUT2D eigenvalue weighted by Gasteiger charge is -2.28. The summed E-state index contributed by atoms with van der Waals surface area (Å²) in [7, 11) is 1.56. The van der Waals surface area contributed by atoms with Crippen LogP contribution in [0.5, 0.6) is 0 Å². The third kappa shape index (κ3) is 6.62. The first-order valence-corrected chi connectivity index (χ1v) is 12.1. The highest BCUT2D eigenvalue weighted by Gasteiger charge is 2.31. The Balaban J connectivity index is 1.68.